The van der Waals surface area contributed by atoms with Crippen LogP contribution in [0.25, 0.3) is 0 Å². The third kappa shape index (κ3) is 5.35. The highest BCUT2D eigenvalue weighted by Crippen LogP contribution is 2.25. The highest BCUT2D eigenvalue weighted by atomic mass is 32.2. The van der Waals surface area contributed by atoms with E-state index in [1.54, 1.807) is 18.7 Å². The molecule has 9 heteroatoms. The molecule has 1 fully saturated rings. The lowest BCUT2D eigenvalue weighted by Crippen LogP contribution is -2.59. The lowest BCUT2D eigenvalue weighted by molar-refractivity contribution is -0.111. The Labute approximate surface area is 188 Å². The number of ether oxygens (including phenoxy) is 1. The molecule has 0 spiro atoms. The second-order valence-electron chi connectivity index (χ2n) is 7.69. The highest BCUT2D eigenvalue weighted by Gasteiger charge is 2.39. The SMILES string of the molecule is C=CC(=O)Nc1ccc(S(=O)(=O)N2CC(C)N(C(=O)OCc3ccccc3)C(C)C2)cc1. The summed E-state index contributed by atoms with van der Waals surface area (Å²) in [5.41, 5.74) is 1.36. The molecule has 0 aromatic heterocycles. The zero-order valence-electron chi connectivity index (χ0n) is 18.1. The third-order valence-electron chi connectivity index (χ3n) is 5.25. The number of anilines is 1. The molecule has 170 valence electrons. The van der Waals surface area contributed by atoms with Crippen molar-refractivity contribution in [2.75, 3.05) is 18.4 Å². The maximum Gasteiger partial charge on any atom is 0.410 e. The van der Waals surface area contributed by atoms with Crippen molar-refractivity contribution in [2.45, 2.75) is 37.4 Å². The Bertz CT molecular complexity index is 1060. The monoisotopic (exact) mass is 457 g/mol. The van der Waals surface area contributed by atoms with Crippen LogP contribution in [0.5, 0.6) is 0 Å². The van der Waals surface area contributed by atoms with Crippen LogP contribution in [0, 0.1) is 0 Å². The predicted octanol–water partition coefficient (Wildman–Crippen LogP) is 3.23. The summed E-state index contributed by atoms with van der Waals surface area (Å²) in [5, 5.41) is 2.58. The Morgan fingerprint density at radius 2 is 1.66 bits per heavy atom. The molecule has 2 aromatic rings. The summed E-state index contributed by atoms with van der Waals surface area (Å²) in [5.74, 6) is -0.376. The number of rotatable bonds is 6. The molecule has 2 amide bonds. The molecule has 0 bridgehead atoms. The van der Waals surface area contributed by atoms with Crippen molar-refractivity contribution in [1.29, 1.82) is 0 Å². The predicted molar refractivity (Wildman–Crippen MR) is 121 cm³/mol. The van der Waals surface area contributed by atoms with E-state index in [0.717, 1.165) is 11.6 Å². The molecule has 1 heterocycles. The van der Waals surface area contributed by atoms with E-state index in [0.29, 0.717) is 5.69 Å². The van der Waals surface area contributed by atoms with Crippen LogP contribution >= 0.6 is 0 Å². The number of carbonyl (C=O) groups excluding carboxylic acids is 2. The van der Waals surface area contributed by atoms with Gasteiger partial charge in [-0.1, -0.05) is 36.9 Å². The molecule has 3 rings (SSSR count). The number of hydrogen-bond acceptors (Lipinski definition) is 5. The topological polar surface area (TPSA) is 96.0 Å². The Morgan fingerprint density at radius 3 is 2.22 bits per heavy atom. The summed E-state index contributed by atoms with van der Waals surface area (Å²) in [6, 6.07) is 14.6. The van der Waals surface area contributed by atoms with Crippen LogP contribution in [0.3, 0.4) is 0 Å². The highest BCUT2D eigenvalue weighted by molar-refractivity contribution is 7.89. The number of nitrogens with zero attached hydrogens (tertiary/aromatic N) is 2. The molecular formula is C23H27N3O5S. The third-order valence-corrected chi connectivity index (χ3v) is 7.09. The Balaban J connectivity index is 1.66. The first kappa shape index (κ1) is 23.5. The molecule has 0 aliphatic carbocycles. The number of carbonyl (C=O) groups is 2. The fourth-order valence-electron chi connectivity index (χ4n) is 3.68. The van der Waals surface area contributed by atoms with Crippen molar-refractivity contribution in [1.82, 2.24) is 9.21 Å². The van der Waals surface area contributed by atoms with Crippen molar-refractivity contribution < 1.29 is 22.7 Å². The van der Waals surface area contributed by atoms with Gasteiger partial charge in [0.05, 0.1) is 4.90 Å². The Morgan fingerprint density at radius 1 is 1.06 bits per heavy atom. The molecule has 1 aliphatic heterocycles. The standard InChI is InChI=1S/C23H27N3O5S/c1-4-22(27)24-20-10-12-21(13-11-20)32(29,30)25-14-17(2)26(18(3)15-25)23(28)31-16-19-8-6-5-7-9-19/h4-13,17-18H,1,14-16H2,2-3H3,(H,24,27). The Kier molecular flexibility index (Phi) is 7.32. The summed E-state index contributed by atoms with van der Waals surface area (Å²) in [6.07, 6.45) is 0.672. The maximum absolute atomic E-state index is 13.1. The number of benzene rings is 2. The minimum atomic E-state index is -3.76. The number of piperazine rings is 1. The first-order chi connectivity index (χ1) is 15.2. The van der Waals surface area contributed by atoms with Gasteiger partial charge in [0.25, 0.3) is 0 Å². The van der Waals surface area contributed by atoms with E-state index in [9.17, 15) is 18.0 Å². The van der Waals surface area contributed by atoms with Gasteiger partial charge in [0, 0.05) is 30.9 Å². The van der Waals surface area contributed by atoms with Crippen LogP contribution in [0.4, 0.5) is 10.5 Å². The Hall–Kier alpha value is -3.17. The lowest BCUT2D eigenvalue weighted by atomic mass is 10.1. The van der Waals surface area contributed by atoms with Gasteiger partial charge in [-0.15, -0.1) is 0 Å². The zero-order valence-corrected chi connectivity index (χ0v) is 18.9. The molecule has 1 saturated heterocycles. The summed E-state index contributed by atoms with van der Waals surface area (Å²) < 4.78 is 33.1. The van der Waals surface area contributed by atoms with E-state index in [4.69, 9.17) is 4.74 Å². The molecule has 8 nitrogen and oxygen atoms in total. The number of nitrogens with one attached hydrogen (secondary N) is 1. The van der Waals surface area contributed by atoms with Crippen LogP contribution in [0.1, 0.15) is 19.4 Å². The maximum atomic E-state index is 13.1. The van der Waals surface area contributed by atoms with Gasteiger partial charge in [-0.25, -0.2) is 13.2 Å². The molecule has 0 radical (unpaired) electrons. The first-order valence-corrected chi connectivity index (χ1v) is 11.7. The van der Waals surface area contributed by atoms with Crippen LogP contribution in [-0.2, 0) is 26.2 Å². The van der Waals surface area contributed by atoms with Crippen molar-refractivity contribution >= 4 is 27.7 Å². The zero-order chi connectivity index (χ0) is 23.3. The van der Waals surface area contributed by atoms with E-state index in [-0.39, 0.29) is 42.6 Å². The molecular weight excluding hydrogens is 430 g/mol. The smallest absolute Gasteiger partial charge is 0.410 e. The number of sulfonamides is 1. The van der Waals surface area contributed by atoms with E-state index in [1.807, 2.05) is 30.3 Å². The minimum Gasteiger partial charge on any atom is -0.445 e. The van der Waals surface area contributed by atoms with Crippen molar-refractivity contribution in [3.8, 4) is 0 Å². The number of hydrogen-bond donors (Lipinski definition) is 1. The van der Waals surface area contributed by atoms with Gasteiger partial charge in [0.15, 0.2) is 0 Å². The second-order valence-corrected chi connectivity index (χ2v) is 9.62. The van der Waals surface area contributed by atoms with E-state index < -0.39 is 16.1 Å². The molecule has 1 aliphatic rings. The fraction of sp³-hybridized carbons (Fsp3) is 0.304. The van der Waals surface area contributed by atoms with Crippen molar-refractivity contribution in [3.05, 3.63) is 72.8 Å². The van der Waals surface area contributed by atoms with Gasteiger partial charge in [-0.2, -0.15) is 4.31 Å². The van der Waals surface area contributed by atoms with Crippen molar-refractivity contribution in [3.63, 3.8) is 0 Å². The fourth-order valence-corrected chi connectivity index (χ4v) is 5.28. The normalized spacial score (nSPS) is 19.2. The van der Waals surface area contributed by atoms with Crippen LogP contribution in [-0.4, -0.2) is 54.8 Å². The first-order valence-electron chi connectivity index (χ1n) is 10.2. The molecule has 32 heavy (non-hydrogen) atoms. The van der Waals surface area contributed by atoms with Gasteiger partial charge < -0.3 is 15.0 Å². The average Bonchev–Trinajstić information content (AvgIpc) is 2.78. The van der Waals surface area contributed by atoms with E-state index >= 15 is 0 Å². The van der Waals surface area contributed by atoms with Gasteiger partial charge >= 0.3 is 6.09 Å². The van der Waals surface area contributed by atoms with Crippen LogP contribution in [0.15, 0.2) is 72.1 Å². The number of amides is 2. The van der Waals surface area contributed by atoms with Gasteiger partial charge in [0.1, 0.15) is 6.61 Å². The van der Waals surface area contributed by atoms with E-state index in [2.05, 4.69) is 11.9 Å². The molecule has 0 saturated carbocycles. The largest absolute Gasteiger partial charge is 0.445 e. The van der Waals surface area contributed by atoms with E-state index in [1.165, 1.54) is 28.6 Å². The van der Waals surface area contributed by atoms with Gasteiger partial charge in [-0.3, -0.25) is 4.79 Å². The molecule has 1 N–H and O–H groups in total. The summed E-state index contributed by atoms with van der Waals surface area (Å²) in [4.78, 5) is 25.8. The van der Waals surface area contributed by atoms with Gasteiger partial charge in [0.2, 0.25) is 15.9 Å². The van der Waals surface area contributed by atoms with Gasteiger partial charge in [-0.05, 0) is 49.8 Å². The second kappa shape index (κ2) is 9.97. The van der Waals surface area contributed by atoms with Crippen LogP contribution < -0.4 is 5.32 Å². The molecule has 2 unspecified atom stereocenters. The lowest BCUT2D eigenvalue weighted by Gasteiger charge is -2.42. The molecule has 2 aromatic carbocycles. The average molecular weight is 458 g/mol. The molecule has 2 atom stereocenters. The minimum absolute atomic E-state index is 0.119. The van der Waals surface area contributed by atoms with Crippen molar-refractivity contribution in [2.24, 2.45) is 0 Å². The summed E-state index contributed by atoms with van der Waals surface area (Å²) in [6.45, 7) is 7.45. The summed E-state index contributed by atoms with van der Waals surface area (Å²) in [7, 11) is -3.76. The quantitative estimate of drug-likeness (QED) is 0.672. The van der Waals surface area contributed by atoms with Crippen LogP contribution in [0.2, 0.25) is 0 Å². The summed E-state index contributed by atoms with van der Waals surface area (Å²) >= 11 is 0.